The van der Waals surface area contributed by atoms with Crippen LogP contribution in [0.15, 0.2) is 30.0 Å². The van der Waals surface area contributed by atoms with E-state index in [1.165, 1.54) is 19.3 Å². The number of piperidine rings is 1. The minimum atomic E-state index is -0.109. The van der Waals surface area contributed by atoms with Crippen molar-refractivity contribution < 1.29 is 14.3 Å². The van der Waals surface area contributed by atoms with Gasteiger partial charge in [-0.1, -0.05) is 37.8 Å². The number of rotatable bonds is 4. The highest BCUT2D eigenvalue weighted by Crippen LogP contribution is 2.37. The fourth-order valence-electron chi connectivity index (χ4n) is 4.81. The van der Waals surface area contributed by atoms with E-state index < -0.39 is 0 Å². The maximum absolute atomic E-state index is 13.5. The fraction of sp³-hybridized carbons (Fsp3) is 0.565. The van der Waals surface area contributed by atoms with E-state index in [2.05, 4.69) is 4.90 Å². The Morgan fingerprint density at radius 3 is 2.04 bits per heavy atom. The van der Waals surface area contributed by atoms with E-state index in [9.17, 15) is 9.59 Å². The number of ether oxygens (including phenoxy) is 1. The first-order valence-electron chi connectivity index (χ1n) is 10.7. The van der Waals surface area contributed by atoms with Crippen molar-refractivity contribution in [2.45, 2.75) is 63.8 Å². The second-order valence-electron chi connectivity index (χ2n) is 8.13. The van der Waals surface area contributed by atoms with Crippen LogP contribution < -0.4 is 4.74 Å². The second kappa shape index (κ2) is 8.38. The summed E-state index contributed by atoms with van der Waals surface area (Å²) in [6.07, 6.45) is 9.79. The van der Waals surface area contributed by atoms with Gasteiger partial charge in [-0.3, -0.25) is 14.5 Å². The number of nitrogens with zero attached hydrogens (tertiary/aromatic N) is 2. The number of hydrogen-bond donors (Lipinski definition) is 0. The maximum atomic E-state index is 13.5. The highest BCUT2D eigenvalue weighted by Gasteiger charge is 2.44. The summed E-state index contributed by atoms with van der Waals surface area (Å²) in [4.78, 5) is 30.8. The quantitative estimate of drug-likeness (QED) is 0.584. The summed E-state index contributed by atoms with van der Waals surface area (Å²) in [5.74, 6) is 0.563. The lowest BCUT2D eigenvalue weighted by molar-refractivity contribution is -0.140. The molecule has 0 radical (unpaired) electrons. The monoisotopic (exact) mass is 382 g/mol. The van der Waals surface area contributed by atoms with Crippen LogP contribution >= 0.6 is 0 Å². The van der Waals surface area contributed by atoms with Crippen LogP contribution in [0.2, 0.25) is 0 Å². The van der Waals surface area contributed by atoms with E-state index in [-0.39, 0.29) is 17.9 Å². The van der Waals surface area contributed by atoms with Gasteiger partial charge in [0.15, 0.2) is 0 Å². The molecular weight excluding hydrogens is 352 g/mol. The number of likely N-dealkylation sites (tertiary alicyclic amines) is 1. The van der Waals surface area contributed by atoms with Gasteiger partial charge >= 0.3 is 0 Å². The van der Waals surface area contributed by atoms with Gasteiger partial charge in [0.05, 0.1) is 12.7 Å². The van der Waals surface area contributed by atoms with E-state index in [0.29, 0.717) is 11.3 Å². The molecule has 2 aliphatic heterocycles. The van der Waals surface area contributed by atoms with Crippen LogP contribution in [0.5, 0.6) is 5.75 Å². The minimum Gasteiger partial charge on any atom is -0.497 e. The molecule has 150 valence electrons. The summed E-state index contributed by atoms with van der Waals surface area (Å²) in [5.41, 5.74) is 2.02. The molecule has 5 heteroatoms. The summed E-state index contributed by atoms with van der Waals surface area (Å²) < 4.78 is 5.26. The summed E-state index contributed by atoms with van der Waals surface area (Å²) >= 11 is 0. The summed E-state index contributed by atoms with van der Waals surface area (Å²) in [6, 6.07) is 7.57. The zero-order valence-electron chi connectivity index (χ0n) is 16.8. The van der Waals surface area contributed by atoms with Crippen molar-refractivity contribution in [2.24, 2.45) is 0 Å². The number of amides is 2. The Hall–Kier alpha value is -2.30. The molecule has 0 atom stereocenters. The molecule has 1 saturated heterocycles. The molecule has 0 N–H and O–H groups in total. The van der Waals surface area contributed by atoms with Crippen molar-refractivity contribution >= 4 is 17.4 Å². The lowest BCUT2D eigenvalue weighted by Gasteiger charge is -2.31. The maximum Gasteiger partial charge on any atom is 0.278 e. The van der Waals surface area contributed by atoms with Gasteiger partial charge in [-0.05, 0) is 49.8 Å². The Bertz CT molecular complexity index is 755. The number of methoxy groups -OCH3 is 1. The highest BCUT2D eigenvalue weighted by molar-refractivity contribution is 6.35. The Labute approximate surface area is 167 Å². The van der Waals surface area contributed by atoms with E-state index in [4.69, 9.17) is 4.74 Å². The zero-order chi connectivity index (χ0) is 19.5. The molecular formula is C23H30N2O3. The molecule has 2 heterocycles. The van der Waals surface area contributed by atoms with Gasteiger partial charge in [0.25, 0.3) is 11.8 Å². The molecule has 2 amide bonds. The predicted molar refractivity (Wildman–Crippen MR) is 109 cm³/mol. The summed E-state index contributed by atoms with van der Waals surface area (Å²) in [5, 5.41) is 0. The van der Waals surface area contributed by atoms with Gasteiger partial charge in [0.1, 0.15) is 11.4 Å². The van der Waals surface area contributed by atoms with E-state index in [1.807, 2.05) is 24.3 Å². The van der Waals surface area contributed by atoms with Crippen LogP contribution in [0.4, 0.5) is 0 Å². The van der Waals surface area contributed by atoms with E-state index in [0.717, 1.165) is 62.9 Å². The molecule has 1 aromatic carbocycles. The normalized spacial score (nSPS) is 22.0. The molecule has 4 rings (SSSR count). The molecule has 28 heavy (non-hydrogen) atoms. The van der Waals surface area contributed by atoms with Gasteiger partial charge in [-0.15, -0.1) is 0 Å². The molecule has 0 unspecified atom stereocenters. The Balaban J connectivity index is 1.72. The molecule has 0 bridgehead atoms. The molecule has 1 aliphatic carbocycles. The number of imide groups is 1. The Morgan fingerprint density at radius 1 is 0.821 bits per heavy atom. The molecule has 2 fully saturated rings. The first kappa shape index (κ1) is 19.0. The Morgan fingerprint density at radius 2 is 1.43 bits per heavy atom. The van der Waals surface area contributed by atoms with Crippen LogP contribution in [0.1, 0.15) is 63.4 Å². The van der Waals surface area contributed by atoms with Crippen LogP contribution in [-0.4, -0.2) is 47.9 Å². The van der Waals surface area contributed by atoms with Crippen molar-refractivity contribution in [2.75, 3.05) is 20.2 Å². The average molecular weight is 383 g/mol. The number of carbonyl (C=O) groups excluding carboxylic acids is 2. The summed E-state index contributed by atoms with van der Waals surface area (Å²) in [7, 11) is 1.63. The molecule has 0 aromatic heterocycles. The molecule has 1 saturated carbocycles. The van der Waals surface area contributed by atoms with Crippen molar-refractivity contribution in [3.8, 4) is 5.75 Å². The SMILES string of the molecule is COc1ccc(C2=C(N3CCCCC3)C(=O)N(C3CCCCCC3)C2=O)cc1. The second-order valence-corrected chi connectivity index (χ2v) is 8.13. The number of hydrogen-bond acceptors (Lipinski definition) is 4. The smallest absolute Gasteiger partial charge is 0.278 e. The van der Waals surface area contributed by atoms with Gasteiger partial charge in [0.2, 0.25) is 0 Å². The minimum absolute atomic E-state index is 0.0399. The van der Waals surface area contributed by atoms with Gasteiger partial charge in [-0.25, -0.2) is 0 Å². The van der Waals surface area contributed by atoms with Crippen LogP contribution in [-0.2, 0) is 9.59 Å². The number of benzene rings is 1. The number of carbonyl (C=O) groups is 2. The average Bonchev–Trinajstić information content (AvgIpc) is 2.89. The van der Waals surface area contributed by atoms with Crippen molar-refractivity contribution in [3.05, 3.63) is 35.5 Å². The zero-order valence-corrected chi connectivity index (χ0v) is 16.8. The first-order valence-corrected chi connectivity index (χ1v) is 10.7. The lowest BCUT2D eigenvalue weighted by Crippen LogP contribution is -2.43. The van der Waals surface area contributed by atoms with E-state index in [1.54, 1.807) is 12.0 Å². The first-order chi connectivity index (χ1) is 13.7. The van der Waals surface area contributed by atoms with Crippen molar-refractivity contribution in [1.82, 2.24) is 9.80 Å². The third-order valence-electron chi connectivity index (χ3n) is 6.33. The van der Waals surface area contributed by atoms with E-state index >= 15 is 0 Å². The molecule has 3 aliphatic rings. The predicted octanol–water partition coefficient (Wildman–Crippen LogP) is 3.98. The highest BCUT2D eigenvalue weighted by atomic mass is 16.5. The Kier molecular flexibility index (Phi) is 5.69. The van der Waals surface area contributed by atoms with Crippen LogP contribution in [0, 0.1) is 0 Å². The van der Waals surface area contributed by atoms with Crippen molar-refractivity contribution in [1.29, 1.82) is 0 Å². The standard InChI is InChI=1S/C23H30N2O3/c1-28-19-13-11-17(12-14-19)20-21(24-15-7-4-8-16-24)23(27)25(22(20)26)18-9-5-2-3-6-10-18/h11-14,18H,2-10,15-16H2,1H3. The largest absolute Gasteiger partial charge is 0.497 e. The third-order valence-corrected chi connectivity index (χ3v) is 6.33. The lowest BCUT2D eigenvalue weighted by atomic mass is 10.0. The summed E-state index contributed by atoms with van der Waals surface area (Å²) in [6.45, 7) is 1.71. The molecule has 5 nitrogen and oxygen atoms in total. The molecule has 0 spiro atoms. The fourth-order valence-corrected chi connectivity index (χ4v) is 4.81. The molecule has 1 aromatic rings. The van der Waals surface area contributed by atoms with Gasteiger partial charge < -0.3 is 9.64 Å². The van der Waals surface area contributed by atoms with Gasteiger partial charge in [-0.2, -0.15) is 0 Å². The van der Waals surface area contributed by atoms with Crippen LogP contribution in [0.3, 0.4) is 0 Å². The van der Waals surface area contributed by atoms with Gasteiger partial charge in [0, 0.05) is 19.1 Å². The third kappa shape index (κ3) is 3.54. The van der Waals surface area contributed by atoms with Crippen LogP contribution in [0.25, 0.3) is 5.57 Å². The van der Waals surface area contributed by atoms with Crippen molar-refractivity contribution in [3.63, 3.8) is 0 Å². The topological polar surface area (TPSA) is 49.9 Å².